The summed E-state index contributed by atoms with van der Waals surface area (Å²) in [5.74, 6) is 0.965. The Hall–Kier alpha value is -2.09. The number of benzene rings is 1. The molecule has 0 bridgehead atoms. The van der Waals surface area contributed by atoms with Crippen molar-refractivity contribution in [1.29, 1.82) is 0 Å². The number of allylic oxidation sites excluding steroid dienone is 2. The quantitative estimate of drug-likeness (QED) is 0.787. The summed E-state index contributed by atoms with van der Waals surface area (Å²) in [7, 11) is 1.74. The molecule has 1 aliphatic carbocycles. The SMILES string of the molecule is CCCC1=C(Cc2ccncc2)CCc2cc(OC)ccc21. The second kappa shape index (κ2) is 6.78. The third-order valence-corrected chi connectivity index (χ3v) is 4.43. The van der Waals surface area contributed by atoms with Crippen LogP contribution in [0.3, 0.4) is 0 Å². The first-order valence-electron chi connectivity index (χ1n) is 8.09. The van der Waals surface area contributed by atoms with Crippen LogP contribution in [-0.2, 0) is 12.8 Å². The highest BCUT2D eigenvalue weighted by Crippen LogP contribution is 2.37. The maximum Gasteiger partial charge on any atom is 0.119 e. The first-order chi connectivity index (χ1) is 10.8. The van der Waals surface area contributed by atoms with Crippen molar-refractivity contribution >= 4 is 5.57 Å². The molecule has 0 spiro atoms. The minimum atomic E-state index is 0.965. The van der Waals surface area contributed by atoms with Crippen molar-refractivity contribution in [3.63, 3.8) is 0 Å². The minimum Gasteiger partial charge on any atom is -0.497 e. The van der Waals surface area contributed by atoms with E-state index in [0.717, 1.165) is 31.4 Å². The highest BCUT2D eigenvalue weighted by molar-refractivity contribution is 5.74. The van der Waals surface area contributed by atoms with Gasteiger partial charge in [-0.3, -0.25) is 4.98 Å². The Balaban J connectivity index is 1.98. The van der Waals surface area contributed by atoms with E-state index in [4.69, 9.17) is 4.74 Å². The summed E-state index contributed by atoms with van der Waals surface area (Å²) in [5.41, 5.74) is 7.35. The van der Waals surface area contributed by atoms with Gasteiger partial charge in [-0.05, 0) is 72.2 Å². The van der Waals surface area contributed by atoms with E-state index in [1.807, 2.05) is 12.4 Å². The monoisotopic (exact) mass is 293 g/mol. The van der Waals surface area contributed by atoms with E-state index in [0.29, 0.717) is 0 Å². The Morgan fingerprint density at radius 3 is 2.64 bits per heavy atom. The van der Waals surface area contributed by atoms with Crippen LogP contribution in [0.4, 0.5) is 0 Å². The van der Waals surface area contributed by atoms with Crippen LogP contribution in [-0.4, -0.2) is 12.1 Å². The number of pyridine rings is 1. The molecule has 2 heteroatoms. The smallest absolute Gasteiger partial charge is 0.119 e. The highest BCUT2D eigenvalue weighted by Gasteiger charge is 2.19. The van der Waals surface area contributed by atoms with Crippen LogP contribution in [0.2, 0.25) is 0 Å². The summed E-state index contributed by atoms with van der Waals surface area (Å²) >= 11 is 0. The molecule has 0 saturated heterocycles. The van der Waals surface area contributed by atoms with E-state index in [-0.39, 0.29) is 0 Å². The molecule has 0 aliphatic heterocycles. The average molecular weight is 293 g/mol. The Labute approximate surface area is 132 Å². The number of rotatable bonds is 5. The standard InChI is InChI=1S/C20H23NO/c1-3-4-19-16(13-15-9-11-21-12-10-15)5-6-17-14-18(22-2)7-8-20(17)19/h7-12,14H,3-6,13H2,1-2H3. The van der Waals surface area contributed by atoms with Crippen LogP contribution in [0.5, 0.6) is 5.75 Å². The molecule has 0 unspecified atom stereocenters. The Kier molecular flexibility index (Phi) is 4.57. The van der Waals surface area contributed by atoms with Crippen LogP contribution >= 0.6 is 0 Å². The highest BCUT2D eigenvalue weighted by atomic mass is 16.5. The van der Waals surface area contributed by atoms with Gasteiger partial charge in [-0.25, -0.2) is 0 Å². The number of hydrogen-bond acceptors (Lipinski definition) is 2. The van der Waals surface area contributed by atoms with Crippen molar-refractivity contribution in [3.8, 4) is 5.75 Å². The van der Waals surface area contributed by atoms with Gasteiger partial charge in [0.25, 0.3) is 0 Å². The second-order valence-electron chi connectivity index (χ2n) is 5.89. The molecule has 1 heterocycles. The second-order valence-corrected chi connectivity index (χ2v) is 5.89. The van der Waals surface area contributed by atoms with Gasteiger partial charge in [-0.15, -0.1) is 0 Å². The number of methoxy groups -OCH3 is 1. The summed E-state index contributed by atoms with van der Waals surface area (Å²) in [4.78, 5) is 4.12. The van der Waals surface area contributed by atoms with Gasteiger partial charge in [0.15, 0.2) is 0 Å². The van der Waals surface area contributed by atoms with Crippen molar-refractivity contribution in [2.45, 2.75) is 39.0 Å². The van der Waals surface area contributed by atoms with E-state index < -0.39 is 0 Å². The van der Waals surface area contributed by atoms with Gasteiger partial charge in [0.05, 0.1) is 7.11 Å². The van der Waals surface area contributed by atoms with Crippen molar-refractivity contribution in [2.24, 2.45) is 0 Å². The molecule has 0 fully saturated rings. The van der Waals surface area contributed by atoms with Crippen molar-refractivity contribution < 1.29 is 4.74 Å². The molecule has 114 valence electrons. The number of fused-ring (bicyclic) bond motifs is 1. The zero-order valence-corrected chi connectivity index (χ0v) is 13.4. The molecule has 0 amide bonds. The third-order valence-electron chi connectivity index (χ3n) is 4.43. The fourth-order valence-electron chi connectivity index (χ4n) is 3.33. The average Bonchev–Trinajstić information content (AvgIpc) is 2.57. The molecule has 22 heavy (non-hydrogen) atoms. The van der Waals surface area contributed by atoms with E-state index in [1.54, 1.807) is 18.3 Å². The summed E-state index contributed by atoms with van der Waals surface area (Å²) in [6.45, 7) is 2.26. The minimum absolute atomic E-state index is 0.965. The maximum atomic E-state index is 5.37. The summed E-state index contributed by atoms with van der Waals surface area (Å²) in [6.07, 6.45) is 9.41. The molecule has 3 rings (SSSR count). The molecule has 1 aromatic heterocycles. The van der Waals surface area contributed by atoms with Crippen molar-refractivity contribution in [3.05, 3.63) is 65.0 Å². The third kappa shape index (κ3) is 3.06. The number of ether oxygens (including phenoxy) is 1. The molecule has 0 saturated carbocycles. The summed E-state index contributed by atoms with van der Waals surface area (Å²) in [6, 6.07) is 10.8. The van der Waals surface area contributed by atoms with Gasteiger partial charge in [0.2, 0.25) is 0 Å². The van der Waals surface area contributed by atoms with E-state index >= 15 is 0 Å². The fourth-order valence-corrected chi connectivity index (χ4v) is 3.33. The van der Waals surface area contributed by atoms with Crippen molar-refractivity contribution in [1.82, 2.24) is 4.98 Å². The lowest BCUT2D eigenvalue weighted by atomic mass is 9.81. The zero-order valence-electron chi connectivity index (χ0n) is 13.4. The molecule has 2 aromatic rings. The van der Waals surface area contributed by atoms with E-state index in [9.17, 15) is 0 Å². The lowest BCUT2D eigenvalue weighted by Gasteiger charge is -2.24. The molecule has 1 aliphatic rings. The molecule has 2 nitrogen and oxygen atoms in total. The van der Waals surface area contributed by atoms with Gasteiger partial charge in [-0.1, -0.05) is 25.0 Å². The molecular formula is C20H23NO. The normalized spacial score (nSPS) is 13.9. The lowest BCUT2D eigenvalue weighted by Crippen LogP contribution is -2.08. The summed E-state index contributed by atoms with van der Waals surface area (Å²) in [5, 5.41) is 0. The molecule has 0 N–H and O–H groups in total. The predicted octanol–water partition coefficient (Wildman–Crippen LogP) is 4.83. The molecule has 0 atom stereocenters. The van der Waals surface area contributed by atoms with Gasteiger partial charge >= 0.3 is 0 Å². The molecular weight excluding hydrogens is 270 g/mol. The Morgan fingerprint density at radius 2 is 1.91 bits per heavy atom. The van der Waals surface area contributed by atoms with Crippen LogP contribution in [0, 0.1) is 0 Å². The summed E-state index contributed by atoms with van der Waals surface area (Å²) < 4.78 is 5.37. The first-order valence-corrected chi connectivity index (χ1v) is 8.09. The molecule has 0 radical (unpaired) electrons. The van der Waals surface area contributed by atoms with Gasteiger partial charge in [-0.2, -0.15) is 0 Å². The van der Waals surface area contributed by atoms with Gasteiger partial charge in [0.1, 0.15) is 5.75 Å². The van der Waals surface area contributed by atoms with Gasteiger partial charge in [0, 0.05) is 12.4 Å². The van der Waals surface area contributed by atoms with Crippen molar-refractivity contribution in [2.75, 3.05) is 7.11 Å². The van der Waals surface area contributed by atoms with Crippen LogP contribution in [0.25, 0.3) is 5.57 Å². The topological polar surface area (TPSA) is 22.1 Å². The fraction of sp³-hybridized carbons (Fsp3) is 0.350. The van der Waals surface area contributed by atoms with Crippen LogP contribution < -0.4 is 4.74 Å². The number of nitrogens with zero attached hydrogens (tertiary/aromatic N) is 1. The van der Waals surface area contributed by atoms with E-state index in [1.165, 1.54) is 23.1 Å². The lowest BCUT2D eigenvalue weighted by molar-refractivity contribution is 0.414. The number of hydrogen-bond donors (Lipinski definition) is 0. The van der Waals surface area contributed by atoms with E-state index in [2.05, 4.69) is 42.2 Å². The zero-order chi connectivity index (χ0) is 15.4. The largest absolute Gasteiger partial charge is 0.497 e. The Morgan fingerprint density at radius 1 is 1.09 bits per heavy atom. The van der Waals surface area contributed by atoms with Crippen LogP contribution in [0.15, 0.2) is 48.3 Å². The number of aryl methyl sites for hydroxylation is 1. The Bertz CT molecular complexity index is 673. The number of aromatic nitrogens is 1. The van der Waals surface area contributed by atoms with Gasteiger partial charge < -0.3 is 4.74 Å². The van der Waals surface area contributed by atoms with Crippen LogP contribution in [0.1, 0.15) is 42.9 Å². The molecule has 1 aromatic carbocycles. The first kappa shape index (κ1) is 14.8. The maximum absolute atomic E-state index is 5.37. The predicted molar refractivity (Wildman–Crippen MR) is 91.1 cm³/mol.